The summed E-state index contributed by atoms with van der Waals surface area (Å²) in [4.78, 5) is 2.18. The molecule has 0 heterocycles. The number of rotatable bonds is 9. The van der Waals surface area contributed by atoms with Crippen LogP contribution >= 0.6 is 0 Å². The van der Waals surface area contributed by atoms with E-state index in [2.05, 4.69) is 18.7 Å². The minimum Gasteiger partial charge on any atom is -0.465 e. The standard InChI is InChI=1S/C19H25NO4/c1-15(2)20(16-9-5-7-11-18(16)23-13-21-3)17-10-6-8-12-19(17)24-14-22-4/h5-12,15H,13-14H2,1-4H3. The van der Waals surface area contributed by atoms with Crippen molar-refractivity contribution in [1.29, 1.82) is 0 Å². The van der Waals surface area contributed by atoms with E-state index in [1.54, 1.807) is 14.2 Å². The van der Waals surface area contributed by atoms with E-state index in [1.807, 2.05) is 48.5 Å². The van der Waals surface area contributed by atoms with E-state index >= 15 is 0 Å². The molecular formula is C19H25NO4. The van der Waals surface area contributed by atoms with Crippen LogP contribution in [0.25, 0.3) is 0 Å². The van der Waals surface area contributed by atoms with Gasteiger partial charge in [0.1, 0.15) is 11.5 Å². The Morgan fingerprint density at radius 3 is 1.54 bits per heavy atom. The lowest BCUT2D eigenvalue weighted by molar-refractivity contribution is 0.0509. The number of nitrogens with zero attached hydrogens (tertiary/aromatic N) is 1. The minimum atomic E-state index is 0.199. The van der Waals surface area contributed by atoms with Gasteiger partial charge < -0.3 is 23.8 Å². The number of ether oxygens (including phenoxy) is 4. The first kappa shape index (κ1) is 18.1. The molecule has 2 rings (SSSR count). The number of anilines is 2. The maximum absolute atomic E-state index is 5.73. The van der Waals surface area contributed by atoms with Crippen LogP contribution in [0.1, 0.15) is 13.8 Å². The van der Waals surface area contributed by atoms with Gasteiger partial charge in [-0.05, 0) is 38.1 Å². The Bertz CT molecular complexity index is 579. The van der Waals surface area contributed by atoms with E-state index in [1.165, 1.54) is 0 Å². The van der Waals surface area contributed by atoms with Gasteiger partial charge in [-0.25, -0.2) is 0 Å². The summed E-state index contributed by atoms with van der Waals surface area (Å²) in [5.74, 6) is 1.52. The van der Waals surface area contributed by atoms with Gasteiger partial charge in [0.05, 0.1) is 11.4 Å². The van der Waals surface area contributed by atoms with Crippen molar-refractivity contribution in [2.24, 2.45) is 0 Å². The van der Waals surface area contributed by atoms with Crippen molar-refractivity contribution >= 4 is 11.4 Å². The zero-order chi connectivity index (χ0) is 17.4. The quantitative estimate of drug-likeness (QED) is 0.644. The molecule has 5 nitrogen and oxygen atoms in total. The highest BCUT2D eigenvalue weighted by Crippen LogP contribution is 2.40. The van der Waals surface area contributed by atoms with Crippen LogP contribution in [0, 0.1) is 0 Å². The van der Waals surface area contributed by atoms with Gasteiger partial charge in [-0.3, -0.25) is 0 Å². The van der Waals surface area contributed by atoms with Gasteiger partial charge in [-0.15, -0.1) is 0 Å². The Morgan fingerprint density at radius 2 is 1.17 bits per heavy atom. The smallest absolute Gasteiger partial charge is 0.188 e. The molecule has 0 aliphatic carbocycles. The topological polar surface area (TPSA) is 40.2 Å². The summed E-state index contributed by atoms with van der Waals surface area (Å²) in [6.45, 7) is 4.65. The fraction of sp³-hybridized carbons (Fsp3) is 0.368. The lowest BCUT2D eigenvalue weighted by atomic mass is 10.1. The first-order valence-electron chi connectivity index (χ1n) is 7.89. The van der Waals surface area contributed by atoms with Crippen LogP contribution in [-0.2, 0) is 9.47 Å². The summed E-state index contributed by atoms with van der Waals surface area (Å²) < 4.78 is 21.5. The molecule has 0 saturated heterocycles. The van der Waals surface area contributed by atoms with Gasteiger partial charge in [0.25, 0.3) is 0 Å². The van der Waals surface area contributed by atoms with Crippen LogP contribution in [0.15, 0.2) is 48.5 Å². The SMILES string of the molecule is COCOc1ccccc1N(c1ccccc1OCOC)C(C)C. The molecule has 0 N–H and O–H groups in total. The summed E-state index contributed by atoms with van der Waals surface area (Å²) in [6, 6.07) is 16.0. The van der Waals surface area contributed by atoms with Crippen LogP contribution in [-0.4, -0.2) is 33.8 Å². The lowest BCUT2D eigenvalue weighted by Gasteiger charge is -2.31. The third-order valence-corrected chi connectivity index (χ3v) is 3.43. The van der Waals surface area contributed by atoms with Crippen molar-refractivity contribution in [2.75, 3.05) is 32.7 Å². The minimum absolute atomic E-state index is 0.199. The largest absolute Gasteiger partial charge is 0.465 e. The monoisotopic (exact) mass is 331 g/mol. The highest BCUT2D eigenvalue weighted by Gasteiger charge is 2.20. The van der Waals surface area contributed by atoms with E-state index in [0.717, 1.165) is 22.9 Å². The number of methoxy groups -OCH3 is 2. The molecule has 0 atom stereocenters. The lowest BCUT2D eigenvalue weighted by Crippen LogP contribution is -2.26. The predicted molar refractivity (Wildman–Crippen MR) is 95.2 cm³/mol. The van der Waals surface area contributed by atoms with Crippen LogP contribution in [0.3, 0.4) is 0 Å². The third-order valence-electron chi connectivity index (χ3n) is 3.43. The van der Waals surface area contributed by atoms with Crippen molar-refractivity contribution < 1.29 is 18.9 Å². The van der Waals surface area contributed by atoms with Crippen LogP contribution < -0.4 is 14.4 Å². The fourth-order valence-electron chi connectivity index (χ4n) is 2.49. The van der Waals surface area contributed by atoms with Crippen molar-refractivity contribution in [3.8, 4) is 11.5 Å². The summed E-state index contributed by atoms with van der Waals surface area (Å²) in [5, 5.41) is 0. The van der Waals surface area contributed by atoms with Gasteiger partial charge in [0.15, 0.2) is 13.6 Å². The normalized spacial score (nSPS) is 10.7. The Labute approximate surface area is 143 Å². The second-order valence-corrected chi connectivity index (χ2v) is 5.50. The first-order chi connectivity index (χ1) is 11.7. The Hall–Kier alpha value is -2.24. The number of hydrogen-bond acceptors (Lipinski definition) is 5. The second kappa shape index (κ2) is 9.15. The molecule has 0 amide bonds. The average Bonchev–Trinajstić information content (AvgIpc) is 2.60. The van der Waals surface area contributed by atoms with E-state index in [0.29, 0.717) is 0 Å². The molecule has 2 aromatic carbocycles. The van der Waals surface area contributed by atoms with Crippen molar-refractivity contribution in [3.05, 3.63) is 48.5 Å². The Morgan fingerprint density at radius 1 is 0.750 bits per heavy atom. The fourth-order valence-corrected chi connectivity index (χ4v) is 2.49. The third kappa shape index (κ3) is 4.40. The van der Waals surface area contributed by atoms with Crippen LogP contribution in [0.4, 0.5) is 11.4 Å². The molecule has 0 unspecified atom stereocenters. The molecular weight excluding hydrogens is 306 g/mol. The number of para-hydroxylation sites is 4. The van der Waals surface area contributed by atoms with Gasteiger partial charge >= 0.3 is 0 Å². The van der Waals surface area contributed by atoms with Crippen LogP contribution in [0.5, 0.6) is 11.5 Å². The number of benzene rings is 2. The van der Waals surface area contributed by atoms with E-state index < -0.39 is 0 Å². The molecule has 0 radical (unpaired) electrons. The summed E-state index contributed by atoms with van der Waals surface area (Å²) in [6.07, 6.45) is 0. The highest BCUT2D eigenvalue weighted by molar-refractivity contribution is 5.74. The highest BCUT2D eigenvalue weighted by atomic mass is 16.7. The summed E-state index contributed by atoms with van der Waals surface area (Å²) >= 11 is 0. The summed E-state index contributed by atoms with van der Waals surface area (Å²) in [7, 11) is 3.22. The average molecular weight is 331 g/mol. The van der Waals surface area contributed by atoms with Crippen molar-refractivity contribution in [3.63, 3.8) is 0 Å². The maximum Gasteiger partial charge on any atom is 0.188 e. The van der Waals surface area contributed by atoms with Gasteiger partial charge in [0.2, 0.25) is 0 Å². The second-order valence-electron chi connectivity index (χ2n) is 5.50. The molecule has 130 valence electrons. The van der Waals surface area contributed by atoms with E-state index in [9.17, 15) is 0 Å². The van der Waals surface area contributed by atoms with Gasteiger partial charge in [0, 0.05) is 20.3 Å². The predicted octanol–water partition coefficient (Wildman–Crippen LogP) is 4.20. The summed E-state index contributed by atoms with van der Waals surface area (Å²) in [5.41, 5.74) is 1.91. The molecule has 0 saturated carbocycles. The molecule has 2 aromatic rings. The molecule has 24 heavy (non-hydrogen) atoms. The molecule has 0 bridgehead atoms. The Balaban J connectivity index is 2.44. The molecule has 0 aliphatic rings. The molecule has 5 heteroatoms. The maximum atomic E-state index is 5.73. The molecule has 0 aromatic heterocycles. The van der Waals surface area contributed by atoms with Crippen molar-refractivity contribution in [1.82, 2.24) is 0 Å². The molecule has 0 fully saturated rings. The van der Waals surface area contributed by atoms with E-state index in [4.69, 9.17) is 18.9 Å². The van der Waals surface area contributed by atoms with Gasteiger partial charge in [-0.2, -0.15) is 0 Å². The molecule has 0 aliphatic heterocycles. The Kier molecular flexibility index (Phi) is 6.90. The number of hydrogen-bond donors (Lipinski definition) is 0. The zero-order valence-corrected chi connectivity index (χ0v) is 14.7. The van der Waals surface area contributed by atoms with Crippen molar-refractivity contribution in [2.45, 2.75) is 19.9 Å². The van der Waals surface area contributed by atoms with Gasteiger partial charge in [-0.1, -0.05) is 24.3 Å². The molecule has 0 spiro atoms. The first-order valence-corrected chi connectivity index (χ1v) is 7.89. The zero-order valence-electron chi connectivity index (χ0n) is 14.7. The van der Waals surface area contributed by atoms with Crippen LogP contribution in [0.2, 0.25) is 0 Å². The van der Waals surface area contributed by atoms with E-state index in [-0.39, 0.29) is 19.6 Å².